The second-order valence-corrected chi connectivity index (χ2v) is 4.31. The summed E-state index contributed by atoms with van der Waals surface area (Å²) in [6, 6.07) is 8.32. The Bertz CT molecular complexity index is 363. The molecule has 2 N–H and O–H groups in total. The van der Waals surface area contributed by atoms with Crippen LogP contribution >= 0.6 is 0 Å². The number of allylic oxidation sites excluding steroid dienone is 1. The van der Waals surface area contributed by atoms with E-state index < -0.39 is 0 Å². The molecule has 0 bridgehead atoms. The summed E-state index contributed by atoms with van der Waals surface area (Å²) in [5.41, 5.74) is 8.00. The van der Waals surface area contributed by atoms with E-state index in [0.29, 0.717) is 12.6 Å². The van der Waals surface area contributed by atoms with E-state index in [4.69, 9.17) is 10.5 Å². The summed E-state index contributed by atoms with van der Waals surface area (Å²) in [5, 5.41) is 0. The summed E-state index contributed by atoms with van der Waals surface area (Å²) < 4.78 is 5.70. The third-order valence-corrected chi connectivity index (χ3v) is 2.75. The van der Waals surface area contributed by atoms with Gasteiger partial charge in [-0.2, -0.15) is 0 Å². The third kappa shape index (κ3) is 3.11. The highest BCUT2D eigenvalue weighted by Gasteiger charge is 2.23. The molecule has 0 unspecified atom stereocenters. The molecule has 0 heterocycles. The second-order valence-electron chi connectivity index (χ2n) is 4.31. The van der Waals surface area contributed by atoms with Crippen molar-refractivity contribution in [2.45, 2.75) is 32.3 Å². The van der Waals surface area contributed by atoms with Crippen molar-refractivity contribution in [3.63, 3.8) is 0 Å². The smallest absolute Gasteiger partial charge is 0.119 e. The van der Waals surface area contributed by atoms with Gasteiger partial charge in [0.15, 0.2) is 0 Å². The lowest BCUT2D eigenvalue weighted by Crippen LogP contribution is -1.96. The lowest BCUT2D eigenvalue weighted by atomic mass is 10.1. The number of hydrogen-bond donors (Lipinski definition) is 1. The average molecular weight is 217 g/mol. The van der Waals surface area contributed by atoms with Crippen LogP contribution in [0.4, 0.5) is 0 Å². The lowest BCUT2D eigenvalue weighted by molar-refractivity contribution is 0.303. The third-order valence-electron chi connectivity index (χ3n) is 2.75. The molecule has 2 heteroatoms. The Labute approximate surface area is 97.1 Å². The fraction of sp³-hybridized carbons (Fsp3) is 0.429. The van der Waals surface area contributed by atoms with E-state index in [2.05, 4.69) is 25.1 Å². The van der Waals surface area contributed by atoms with Crippen LogP contribution in [0.3, 0.4) is 0 Å². The topological polar surface area (TPSA) is 35.2 Å². The Morgan fingerprint density at radius 3 is 2.62 bits per heavy atom. The summed E-state index contributed by atoms with van der Waals surface area (Å²) in [7, 11) is 0. The minimum absolute atomic E-state index is 0.472. The Kier molecular flexibility index (Phi) is 3.62. The largest absolute Gasteiger partial charge is 0.490 e. The quantitative estimate of drug-likeness (QED) is 0.823. The number of rotatable bonds is 5. The summed E-state index contributed by atoms with van der Waals surface area (Å²) in [4.78, 5) is 0. The first-order valence-electron chi connectivity index (χ1n) is 5.93. The van der Waals surface area contributed by atoms with Gasteiger partial charge in [0.1, 0.15) is 5.75 Å². The fourth-order valence-corrected chi connectivity index (χ4v) is 1.59. The van der Waals surface area contributed by atoms with E-state index in [1.165, 1.54) is 24.0 Å². The highest BCUT2D eigenvalue weighted by Crippen LogP contribution is 2.27. The molecule has 0 aliphatic heterocycles. The van der Waals surface area contributed by atoms with Gasteiger partial charge in [-0.15, -0.1) is 0 Å². The number of nitrogens with two attached hydrogens (primary N) is 1. The van der Waals surface area contributed by atoms with Crippen molar-refractivity contribution >= 4 is 5.57 Å². The second kappa shape index (κ2) is 5.17. The standard InChI is InChI=1S/C14H19NO/c1-11(3-2-10-15)12-4-6-13(7-5-12)16-14-8-9-14/h3-7,14H,2,8-10,15H2,1H3/b11-3-. The highest BCUT2D eigenvalue weighted by molar-refractivity contribution is 5.64. The van der Waals surface area contributed by atoms with Crippen molar-refractivity contribution in [2.75, 3.05) is 6.54 Å². The Balaban J connectivity index is 1.99. The van der Waals surface area contributed by atoms with Crippen LogP contribution < -0.4 is 10.5 Å². The zero-order valence-corrected chi connectivity index (χ0v) is 9.78. The molecule has 0 saturated heterocycles. The van der Waals surface area contributed by atoms with E-state index in [9.17, 15) is 0 Å². The highest BCUT2D eigenvalue weighted by atomic mass is 16.5. The van der Waals surface area contributed by atoms with Crippen molar-refractivity contribution in [2.24, 2.45) is 5.73 Å². The van der Waals surface area contributed by atoms with Crippen LogP contribution in [0.15, 0.2) is 30.3 Å². The zero-order chi connectivity index (χ0) is 11.4. The maximum atomic E-state index is 5.70. The molecule has 1 aromatic carbocycles. The van der Waals surface area contributed by atoms with Gasteiger partial charge < -0.3 is 10.5 Å². The van der Waals surface area contributed by atoms with Crippen LogP contribution in [-0.4, -0.2) is 12.6 Å². The Hall–Kier alpha value is -1.28. The van der Waals surface area contributed by atoms with Gasteiger partial charge in [-0.05, 0) is 56.0 Å². The van der Waals surface area contributed by atoms with Crippen molar-refractivity contribution in [3.05, 3.63) is 35.9 Å². The van der Waals surface area contributed by atoms with Crippen molar-refractivity contribution in [3.8, 4) is 5.75 Å². The molecule has 1 aromatic rings. The maximum Gasteiger partial charge on any atom is 0.119 e. The number of ether oxygens (including phenoxy) is 1. The van der Waals surface area contributed by atoms with Gasteiger partial charge in [0.25, 0.3) is 0 Å². The Morgan fingerprint density at radius 1 is 1.38 bits per heavy atom. The van der Waals surface area contributed by atoms with Crippen molar-refractivity contribution < 1.29 is 4.74 Å². The summed E-state index contributed by atoms with van der Waals surface area (Å²) >= 11 is 0. The van der Waals surface area contributed by atoms with E-state index in [0.717, 1.165) is 12.2 Å². The van der Waals surface area contributed by atoms with Crippen LogP contribution in [0.2, 0.25) is 0 Å². The fourth-order valence-electron chi connectivity index (χ4n) is 1.59. The molecule has 2 nitrogen and oxygen atoms in total. The maximum absolute atomic E-state index is 5.70. The monoisotopic (exact) mass is 217 g/mol. The van der Waals surface area contributed by atoms with Gasteiger partial charge in [-0.1, -0.05) is 18.2 Å². The molecule has 1 fully saturated rings. The van der Waals surface area contributed by atoms with Gasteiger partial charge >= 0.3 is 0 Å². The molecule has 86 valence electrons. The Morgan fingerprint density at radius 2 is 2.06 bits per heavy atom. The van der Waals surface area contributed by atoms with Gasteiger partial charge in [0.05, 0.1) is 6.10 Å². The molecule has 0 amide bonds. The van der Waals surface area contributed by atoms with Crippen LogP contribution in [0.5, 0.6) is 5.75 Å². The molecule has 1 aliphatic rings. The predicted molar refractivity (Wildman–Crippen MR) is 67.4 cm³/mol. The molecule has 0 spiro atoms. The van der Waals surface area contributed by atoms with Crippen LogP contribution in [-0.2, 0) is 0 Å². The lowest BCUT2D eigenvalue weighted by Gasteiger charge is -2.06. The van der Waals surface area contributed by atoms with Crippen LogP contribution in [0.25, 0.3) is 5.57 Å². The van der Waals surface area contributed by atoms with Crippen LogP contribution in [0.1, 0.15) is 31.7 Å². The summed E-state index contributed by atoms with van der Waals surface area (Å²) in [6.07, 6.45) is 6.00. The summed E-state index contributed by atoms with van der Waals surface area (Å²) in [5.74, 6) is 0.984. The number of benzene rings is 1. The normalized spacial score (nSPS) is 16.2. The first-order valence-corrected chi connectivity index (χ1v) is 5.93. The van der Waals surface area contributed by atoms with E-state index >= 15 is 0 Å². The van der Waals surface area contributed by atoms with Gasteiger partial charge in [-0.3, -0.25) is 0 Å². The van der Waals surface area contributed by atoms with E-state index in [1.54, 1.807) is 0 Å². The molecule has 2 rings (SSSR count). The van der Waals surface area contributed by atoms with E-state index in [-0.39, 0.29) is 0 Å². The molecule has 1 aliphatic carbocycles. The van der Waals surface area contributed by atoms with Crippen molar-refractivity contribution in [1.29, 1.82) is 0 Å². The zero-order valence-electron chi connectivity index (χ0n) is 9.78. The molecule has 0 aromatic heterocycles. The van der Waals surface area contributed by atoms with E-state index in [1.807, 2.05) is 12.1 Å². The molecular weight excluding hydrogens is 198 g/mol. The molecular formula is C14H19NO. The molecule has 16 heavy (non-hydrogen) atoms. The predicted octanol–water partition coefficient (Wildman–Crippen LogP) is 2.98. The SMILES string of the molecule is C/C(=C/CCN)c1ccc(OC2CC2)cc1. The molecule has 0 atom stereocenters. The first kappa shape index (κ1) is 11.2. The number of hydrogen-bond acceptors (Lipinski definition) is 2. The van der Waals surface area contributed by atoms with Gasteiger partial charge in [-0.25, -0.2) is 0 Å². The van der Waals surface area contributed by atoms with Crippen LogP contribution in [0, 0.1) is 0 Å². The van der Waals surface area contributed by atoms with Gasteiger partial charge in [0, 0.05) is 0 Å². The molecule has 1 saturated carbocycles. The summed E-state index contributed by atoms with van der Waals surface area (Å²) in [6.45, 7) is 2.83. The minimum atomic E-state index is 0.472. The van der Waals surface area contributed by atoms with Gasteiger partial charge in [0.2, 0.25) is 0 Å². The average Bonchev–Trinajstić information content (AvgIpc) is 3.11. The first-order chi connectivity index (χ1) is 7.79. The minimum Gasteiger partial charge on any atom is -0.490 e. The van der Waals surface area contributed by atoms with Crippen molar-refractivity contribution in [1.82, 2.24) is 0 Å². The molecule has 0 radical (unpaired) electrons.